The van der Waals surface area contributed by atoms with E-state index < -0.39 is 0 Å². The Kier molecular flexibility index (Phi) is 7.13. The molecule has 2 N–H and O–H groups in total. The minimum absolute atomic E-state index is 0. The Labute approximate surface area is 183 Å². The second-order valence-electron chi connectivity index (χ2n) is 7.50. The van der Waals surface area contributed by atoms with E-state index >= 15 is 0 Å². The van der Waals surface area contributed by atoms with Crippen LogP contribution in [0.3, 0.4) is 0 Å². The Bertz CT molecular complexity index is 990. The molecule has 0 radical (unpaired) electrons. The summed E-state index contributed by atoms with van der Waals surface area (Å²) in [6.07, 6.45) is 4.59. The number of benzene rings is 2. The van der Waals surface area contributed by atoms with E-state index in [1.165, 1.54) is 5.56 Å². The van der Waals surface area contributed by atoms with E-state index in [0.29, 0.717) is 6.54 Å². The lowest BCUT2D eigenvalue weighted by atomic mass is 9.90. The number of ether oxygens (including phenoxy) is 1. The van der Waals surface area contributed by atoms with Crippen molar-refractivity contribution in [2.24, 2.45) is 13.0 Å². The van der Waals surface area contributed by atoms with Gasteiger partial charge in [0.05, 0.1) is 19.2 Å². The highest BCUT2D eigenvalue weighted by atomic mass is 35.5. The van der Waals surface area contributed by atoms with Crippen molar-refractivity contribution in [2.45, 2.75) is 12.3 Å². The maximum atomic E-state index is 13.0. The van der Waals surface area contributed by atoms with Crippen molar-refractivity contribution >= 4 is 24.0 Å². The number of rotatable bonds is 6. The topological polar surface area (TPSA) is 68.2 Å². The van der Waals surface area contributed by atoms with Gasteiger partial charge in [-0.25, -0.2) is 0 Å². The van der Waals surface area contributed by atoms with Crippen LogP contribution in [0.5, 0.6) is 5.75 Å². The van der Waals surface area contributed by atoms with Crippen molar-refractivity contribution in [2.75, 3.05) is 25.5 Å². The molecule has 1 aliphatic heterocycles. The average Bonchev–Trinajstić information content (AvgIpc) is 3.38. The number of nitrogens with zero attached hydrogens (tertiary/aromatic N) is 2. The van der Waals surface area contributed by atoms with Gasteiger partial charge in [-0.15, -0.1) is 12.4 Å². The normalized spacial score (nSPS) is 17.9. The highest BCUT2D eigenvalue weighted by molar-refractivity contribution is 5.93. The Morgan fingerprint density at radius 2 is 2.03 bits per heavy atom. The first-order chi connectivity index (χ1) is 14.1. The molecule has 3 aromatic rings. The monoisotopic (exact) mass is 426 g/mol. The van der Waals surface area contributed by atoms with Crippen LogP contribution in [0.4, 0.5) is 5.69 Å². The summed E-state index contributed by atoms with van der Waals surface area (Å²) in [6.45, 7) is 1.45. The molecule has 0 spiro atoms. The molecule has 2 atom stereocenters. The molecule has 4 rings (SSSR count). The summed E-state index contributed by atoms with van der Waals surface area (Å²) in [5, 5.41) is 10.7. The van der Waals surface area contributed by atoms with Crippen LogP contribution in [-0.2, 0) is 18.3 Å². The van der Waals surface area contributed by atoms with Crippen LogP contribution in [0.15, 0.2) is 60.9 Å². The molecule has 1 fully saturated rings. The fraction of sp³-hybridized carbons (Fsp3) is 0.304. The van der Waals surface area contributed by atoms with Crippen LogP contribution in [0.2, 0.25) is 0 Å². The highest BCUT2D eigenvalue weighted by Crippen LogP contribution is 2.30. The van der Waals surface area contributed by atoms with Crippen LogP contribution in [-0.4, -0.2) is 35.9 Å². The zero-order valence-corrected chi connectivity index (χ0v) is 18.0. The van der Waals surface area contributed by atoms with Gasteiger partial charge in [0, 0.05) is 49.9 Å². The highest BCUT2D eigenvalue weighted by Gasteiger charge is 2.34. The fourth-order valence-electron chi connectivity index (χ4n) is 3.98. The molecule has 1 saturated heterocycles. The van der Waals surface area contributed by atoms with Crippen LogP contribution < -0.4 is 15.4 Å². The van der Waals surface area contributed by atoms with E-state index in [1.807, 2.05) is 55.8 Å². The number of hydrogen-bond acceptors (Lipinski definition) is 4. The molecule has 6 nitrogen and oxygen atoms in total. The number of carbonyl (C=O) groups excluding carboxylic acids is 1. The van der Waals surface area contributed by atoms with E-state index in [0.717, 1.165) is 35.5 Å². The van der Waals surface area contributed by atoms with Gasteiger partial charge < -0.3 is 15.4 Å². The Morgan fingerprint density at radius 1 is 1.23 bits per heavy atom. The predicted octanol–water partition coefficient (Wildman–Crippen LogP) is 3.38. The SMILES string of the molecule is COc1ccc(NC(=O)[C@H]2CNC[C@@H]2c2cnn(C)c2)cc1Cc1ccccc1.Cl. The molecule has 0 unspecified atom stereocenters. The smallest absolute Gasteiger partial charge is 0.229 e. The predicted molar refractivity (Wildman–Crippen MR) is 120 cm³/mol. The number of hydrogen-bond donors (Lipinski definition) is 2. The molecule has 158 valence electrons. The summed E-state index contributed by atoms with van der Waals surface area (Å²) in [4.78, 5) is 13.0. The summed E-state index contributed by atoms with van der Waals surface area (Å²) in [6, 6.07) is 16.1. The van der Waals surface area contributed by atoms with Crippen LogP contribution >= 0.6 is 12.4 Å². The first-order valence-electron chi connectivity index (χ1n) is 9.85. The van der Waals surface area contributed by atoms with Gasteiger partial charge >= 0.3 is 0 Å². The molecule has 1 aromatic heterocycles. The maximum absolute atomic E-state index is 13.0. The third kappa shape index (κ3) is 4.83. The number of anilines is 1. The second-order valence-corrected chi connectivity index (χ2v) is 7.50. The Morgan fingerprint density at radius 3 is 2.73 bits per heavy atom. The molecule has 2 heterocycles. The van der Waals surface area contributed by atoms with Crippen LogP contribution in [0.25, 0.3) is 0 Å². The summed E-state index contributed by atoms with van der Waals surface area (Å²) < 4.78 is 7.30. The van der Waals surface area contributed by atoms with Gasteiger partial charge in [0.1, 0.15) is 5.75 Å². The van der Waals surface area contributed by atoms with Crippen LogP contribution in [0, 0.1) is 5.92 Å². The lowest BCUT2D eigenvalue weighted by molar-refractivity contribution is -0.119. The van der Waals surface area contributed by atoms with Gasteiger partial charge in [0.25, 0.3) is 0 Å². The van der Waals surface area contributed by atoms with E-state index in [4.69, 9.17) is 4.74 Å². The number of amides is 1. The molecule has 7 heteroatoms. The summed E-state index contributed by atoms with van der Waals surface area (Å²) in [7, 11) is 3.57. The van der Waals surface area contributed by atoms with Gasteiger partial charge in [-0.2, -0.15) is 5.10 Å². The number of methoxy groups -OCH3 is 1. The standard InChI is InChI=1S/C23H26N4O2.ClH/c1-27-15-18(12-25-27)20-13-24-14-21(20)23(28)26-19-8-9-22(29-2)17(11-19)10-16-6-4-3-5-7-16;/h3-9,11-12,15,20-21,24H,10,13-14H2,1-2H3,(H,26,28);1H/t20-,21+;/m1./s1. The number of aryl methyl sites for hydroxylation is 1. The number of nitrogens with one attached hydrogen (secondary N) is 2. The molecule has 1 amide bonds. The zero-order chi connectivity index (χ0) is 20.2. The van der Waals surface area contributed by atoms with Crippen molar-refractivity contribution in [1.29, 1.82) is 0 Å². The molecular weight excluding hydrogens is 400 g/mol. The second kappa shape index (κ2) is 9.78. The quantitative estimate of drug-likeness (QED) is 0.634. The summed E-state index contributed by atoms with van der Waals surface area (Å²) in [5.41, 5.74) is 4.13. The summed E-state index contributed by atoms with van der Waals surface area (Å²) >= 11 is 0. The van der Waals surface area contributed by atoms with E-state index in [1.54, 1.807) is 11.8 Å². The fourth-order valence-corrected chi connectivity index (χ4v) is 3.98. The molecular formula is C23H27ClN4O2. The van der Waals surface area contributed by atoms with Gasteiger partial charge in [-0.05, 0) is 29.3 Å². The van der Waals surface area contributed by atoms with Crippen molar-refractivity contribution in [1.82, 2.24) is 15.1 Å². The van der Waals surface area contributed by atoms with Crippen molar-refractivity contribution in [3.63, 3.8) is 0 Å². The molecule has 0 aliphatic carbocycles. The molecule has 0 saturated carbocycles. The van der Waals surface area contributed by atoms with Crippen LogP contribution in [0.1, 0.15) is 22.6 Å². The third-order valence-electron chi connectivity index (χ3n) is 5.49. The lowest BCUT2D eigenvalue weighted by Crippen LogP contribution is -2.28. The number of halogens is 1. The average molecular weight is 427 g/mol. The maximum Gasteiger partial charge on any atom is 0.229 e. The molecule has 1 aliphatic rings. The van der Waals surface area contributed by atoms with Gasteiger partial charge in [-0.3, -0.25) is 9.48 Å². The van der Waals surface area contributed by atoms with Gasteiger partial charge in [-0.1, -0.05) is 30.3 Å². The minimum Gasteiger partial charge on any atom is -0.496 e. The third-order valence-corrected chi connectivity index (χ3v) is 5.49. The lowest BCUT2D eigenvalue weighted by Gasteiger charge is -2.18. The molecule has 2 aromatic carbocycles. The largest absolute Gasteiger partial charge is 0.496 e. The van der Waals surface area contributed by atoms with Crippen molar-refractivity contribution < 1.29 is 9.53 Å². The van der Waals surface area contributed by atoms with E-state index in [2.05, 4.69) is 27.9 Å². The van der Waals surface area contributed by atoms with Gasteiger partial charge in [0.2, 0.25) is 5.91 Å². The van der Waals surface area contributed by atoms with E-state index in [-0.39, 0.29) is 30.2 Å². The van der Waals surface area contributed by atoms with Gasteiger partial charge in [0.15, 0.2) is 0 Å². The van der Waals surface area contributed by atoms with Crippen molar-refractivity contribution in [3.8, 4) is 5.75 Å². The number of carbonyl (C=O) groups is 1. The minimum atomic E-state index is -0.126. The van der Waals surface area contributed by atoms with Crippen molar-refractivity contribution in [3.05, 3.63) is 77.6 Å². The Balaban J connectivity index is 0.00000256. The number of aromatic nitrogens is 2. The molecule has 0 bridgehead atoms. The first-order valence-corrected chi connectivity index (χ1v) is 9.85. The first kappa shape index (κ1) is 21.9. The summed E-state index contributed by atoms with van der Waals surface area (Å²) in [5.74, 6) is 0.854. The zero-order valence-electron chi connectivity index (χ0n) is 17.2. The van der Waals surface area contributed by atoms with E-state index in [9.17, 15) is 4.79 Å². The molecule has 30 heavy (non-hydrogen) atoms. The Hall–Kier alpha value is -2.83.